The number of anilines is 1. The average Bonchev–Trinajstić information content (AvgIpc) is 2.84. The number of methoxy groups -OCH3 is 1. The summed E-state index contributed by atoms with van der Waals surface area (Å²) < 4.78 is 10.3. The minimum atomic E-state index is -0.576. The molecule has 130 valence electrons. The van der Waals surface area contributed by atoms with Crippen molar-refractivity contribution in [3.05, 3.63) is 59.7 Å². The van der Waals surface area contributed by atoms with Crippen LogP contribution in [0.2, 0.25) is 0 Å². The molecule has 2 aromatic carbocycles. The summed E-state index contributed by atoms with van der Waals surface area (Å²) in [5.41, 5.74) is 1.96. The summed E-state index contributed by atoms with van der Waals surface area (Å²) in [5, 5.41) is 5.62. The van der Waals surface area contributed by atoms with Crippen LogP contribution in [0.1, 0.15) is 34.8 Å². The standard InChI is InChI=1S/C19H20N2O4/c1-24-19(23)20-14-7-4-6-13(12-14)18(22)21-16-9-5-11-25-17-10-3-2-8-15(16)17/h2-4,6-8,10,12,16H,5,9,11H2,1H3,(H,20,23)(H,21,22). The molecule has 25 heavy (non-hydrogen) atoms. The van der Waals surface area contributed by atoms with Crippen molar-refractivity contribution >= 4 is 17.7 Å². The van der Waals surface area contributed by atoms with Gasteiger partial charge in [0.2, 0.25) is 0 Å². The summed E-state index contributed by atoms with van der Waals surface area (Å²) in [5.74, 6) is 0.613. The van der Waals surface area contributed by atoms with Gasteiger partial charge >= 0.3 is 6.09 Å². The highest BCUT2D eigenvalue weighted by Gasteiger charge is 2.21. The van der Waals surface area contributed by atoms with E-state index >= 15 is 0 Å². The van der Waals surface area contributed by atoms with E-state index in [1.807, 2.05) is 24.3 Å². The molecule has 0 radical (unpaired) electrons. The van der Waals surface area contributed by atoms with Gasteiger partial charge in [-0.05, 0) is 37.1 Å². The Morgan fingerprint density at radius 3 is 2.84 bits per heavy atom. The summed E-state index contributed by atoms with van der Waals surface area (Å²) in [4.78, 5) is 24.0. The number of rotatable bonds is 3. The van der Waals surface area contributed by atoms with Crippen molar-refractivity contribution in [1.82, 2.24) is 5.32 Å². The molecule has 1 aliphatic rings. The highest BCUT2D eigenvalue weighted by atomic mass is 16.5. The first-order valence-corrected chi connectivity index (χ1v) is 8.15. The van der Waals surface area contributed by atoms with Gasteiger partial charge in [-0.3, -0.25) is 10.1 Å². The largest absolute Gasteiger partial charge is 0.493 e. The predicted octanol–water partition coefficient (Wildman–Crippen LogP) is 3.51. The van der Waals surface area contributed by atoms with Gasteiger partial charge in [0, 0.05) is 16.8 Å². The molecule has 1 aliphatic heterocycles. The monoisotopic (exact) mass is 340 g/mol. The lowest BCUT2D eigenvalue weighted by atomic mass is 10.0. The summed E-state index contributed by atoms with van der Waals surface area (Å²) >= 11 is 0. The van der Waals surface area contributed by atoms with E-state index in [0.29, 0.717) is 17.9 Å². The number of amides is 2. The molecule has 6 heteroatoms. The Kier molecular flexibility index (Phi) is 5.18. The summed E-state index contributed by atoms with van der Waals surface area (Å²) in [7, 11) is 1.29. The van der Waals surface area contributed by atoms with Crippen LogP contribution in [-0.2, 0) is 4.74 Å². The van der Waals surface area contributed by atoms with Crippen molar-refractivity contribution in [1.29, 1.82) is 0 Å². The fourth-order valence-electron chi connectivity index (χ4n) is 2.82. The number of nitrogens with one attached hydrogen (secondary N) is 2. The molecule has 1 unspecified atom stereocenters. The van der Waals surface area contributed by atoms with Crippen molar-refractivity contribution < 1.29 is 19.1 Å². The second kappa shape index (κ2) is 7.70. The molecule has 0 saturated carbocycles. The summed E-state index contributed by atoms with van der Waals surface area (Å²) in [6.45, 7) is 0.641. The molecular weight excluding hydrogens is 320 g/mol. The third-order valence-electron chi connectivity index (χ3n) is 4.05. The maximum atomic E-state index is 12.6. The Hall–Kier alpha value is -3.02. The van der Waals surface area contributed by atoms with Crippen molar-refractivity contribution in [3.8, 4) is 5.75 Å². The molecule has 2 amide bonds. The zero-order valence-electron chi connectivity index (χ0n) is 14.0. The lowest BCUT2D eigenvalue weighted by Crippen LogP contribution is -2.28. The smallest absolute Gasteiger partial charge is 0.411 e. The summed E-state index contributed by atoms with van der Waals surface area (Å²) in [6.07, 6.45) is 1.10. The quantitative estimate of drug-likeness (QED) is 0.896. The molecule has 0 bridgehead atoms. The fourth-order valence-corrected chi connectivity index (χ4v) is 2.82. The molecule has 0 aromatic heterocycles. The molecule has 3 rings (SSSR count). The van der Waals surface area contributed by atoms with Crippen LogP contribution in [0, 0.1) is 0 Å². The van der Waals surface area contributed by atoms with Crippen LogP contribution in [0.25, 0.3) is 0 Å². The van der Waals surface area contributed by atoms with Gasteiger partial charge in [-0.15, -0.1) is 0 Å². The van der Waals surface area contributed by atoms with Gasteiger partial charge in [0.1, 0.15) is 5.75 Å². The van der Waals surface area contributed by atoms with Gasteiger partial charge in [-0.1, -0.05) is 24.3 Å². The van der Waals surface area contributed by atoms with Crippen molar-refractivity contribution in [2.24, 2.45) is 0 Å². The molecule has 1 atom stereocenters. The second-order valence-corrected chi connectivity index (χ2v) is 5.75. The van der Waals surface area contributed by atoms with Crippen LogP contribution in [0.5, 0.6) is 5.75 Å². The number of para-hydroxylation sites is 1. The van der Waals surface area contributed by atoms with Crippen LogP contribution in [0.4, 0.5) is 10.5 Å². The number of carbonyl (C=O) groups excluding carboxylic acids is 2. The van der Waals surface area contributed by atoms with Crippen LogP contribution in [0.15, 0.2) is 48.5 Å². The van der Waals surface area contributed by atoms with Gasteiger partial charge in [0.15, 0.2) is 0 Å². The van der Waals surface area contributed by atoms with Crippen molar-refractivity contribution in [2.75, 3.05) is 19.0 Å². The van der Waals surface area contributed by atoms with Gasteiger partial charge in [0.05, 0.1) is 19.8 Å². The normalized spacial score (nSPS) is 16.0. The van der Waals surface area contributed by atoms with E-state index in [-0.39, 0.29) is 11.9 Å². The van der Waals surface area contributed by atoms with Crippen molar-refractivity contribution in [2.45, 2.75) is 18.9 Å². The van der Waals surface area contributed by atoms with Crippen molar-refractivity contribution in [3.63, 3.8) is 0 Å². The third kappa shape index (κ3) is 4.09. The molecule has 0 fully saturated rings. The molecule has 2 aromatic rings. The molecule has 1 heterocycles. The maximum Gasteiger partial charge on any atom is 0.411 e. The van der Waals surface area contributed by atoms with Crippen LogP contribution >= 0.6 is 0 Å². The van der Waals surface area contributed by atoms with Gasteiger partial charge in [-0.2, -0.15) is 0 Å². The minimum absolute atomic E-state index is 0.108. The average molecular weight is 340 g/mol. The SMILES string of the molecule is COC(=O)Nc1cccc(C(=O)NC2CCCOc3ccccc32)c1. The number of carbonyl (C=O) groups is 2. The molecule has 0 spiro atoms. The first kappa shape index (κ1) is 16.8. The van der Waals surface area contributed by atoms with Gasteiger partial charge in [0.25, 0.3) is 5.91 Å². The highest BCUT2D eigenvalue weighted by Crippen LogP contribution is 2.31. The molecule has 2 N–H and O–H groups in total. The number of ether oxygens (including phenoxy) is 2. The van der Waals surface area contributed by atoms with E-state index in [2.05, 4.69) is 15.4 Å². The third-order valence-corrected chi connectivity index (χ3v) is 4.05. The van der Waals surface area contributed by atoms with E-state index in [0.717, 1.165) is 24.2 Å². The number of hydrogen-bond donors (Lipinski definition) is 2. The second-order valence-electron chi connectivity index (χ2n) is 5.75. The predicted molar refractivity (Wildman–Crippen MR) is 93.8 cm³/mol. The Morgan fingerprint density at radius 2 is 2.00 bits per heavy atom. The Morgan fingerprint density at radius 1 is 1.16 bits per heavy atom. The Balaban J connectivity index is 1.76. The zero-order valence-corrected chi connectivity index (χ0v) is 14.0. The lowest BCUT2D eigenvalue weighted by molar-refractivity contribution is 0.0934. The zero-order chi connectivity index (χ0) is 17.6. The van der Waals surface area contributed by atoms with Gasteiger partial charge < -0.3 is 14.8 Å². The molecule has 6 nitrogen and oxygen atoms in total. The first-order chi connectivity index (χ1) is 12.2. The number of benzene rings is 2. The summed E-state index contributed by atoms with van der Waals surface area (Å²) in [6, 6.07) is 14.4. The van der Waals surface area contributed by atoms with Crippen LogP contribution in [-0.4, -0.2) is 25.7 Å². The lowest BCUT2D eigenvalue weighted by Gasteiger charge is -2.18. The van der Waals surface area contributed by atoms with E-state index in [1.165, 1.54) is 7.11 Å². The van der Waals surface area contributed by atoms with E-state index in [1.54, 1.807) is 24.3 Å². The number of fused-ring (bicyclic) bond motifs is 1. The molecular formula is C19H20N2O4. The Bertz CT molecular complexity index is 776. The van der Waals surface area contributed by atoms with E-state index < -0.39 is 6.09 Å². The van der Waals surface area contributed by atoms with E-state index in [9.17, 15) is 9.59 Å². The minimum Gasteiger partial charge on any atom is -0.493 e. The maximum absolute atomic E-state index is 12.6. The molecule has 0 saturated heterocycles. The van der Waals surface area contributed by atoms with E-state index in [4.69, 9.17) is 4.74 Å². The Labute approximate surface area is 146 Å². The highest BCUT2D eigenvalue weighted by molar-refractivity contribution is 5.96. The fraction of sp³-hybridized carbons (Fsp3) is 0.263. The topological polar surface area (TPSA) is 76.7 Å². The molecule has 0 aliphatic carbocycles. The van der Waals surface area contributed by atoms with Crippen LogP contribution < -0.4 is 15.4 Å². The first-order valence-electron chi connectivity index (χ1n) is 8.15. The number of hydrogen-bond acceptors (Lipinski definition) is 4. The van der Waals surface area contributed by atoms with Crippen LogP contribution in [0.3, 0.4) is 0 Å². The van der Waals surface area contributed by atoms with Gasteiger partial charge in [-0.25, -0.2) is 4.79 Å².